The maximum absolute atomic E-state index is 11.9. The van der Waals surface area contributed by atoms with Crippen molar-refractivity contribution < 1.29 is 14.7 Å². The van der Waals surface area contributed by atoms with Gasteiger partial charge in [0.05, 0.1) is 5.92 Å². The number of carboxylic acids is 1. The van der Waals surface area contributed by atoms with E-state index in [9.17, 15) is 9.59 Å². The number of urea groups is 1. The topological polar surface area (TPSA) is 78.4 Å². The lowest BCUT2D eigenvalue weighted by Gasteiger charge is -2.40. The van der Waals surface area contributed by atoms with Crippen LogP contribution in [0.5, 0.6) is 0 Å². The van der Waals surface area contributed by atoms with Gasteiger partial charge in [-0.2, -0.15) is 0 Å². The first kappa shape index (κ1) is 13.2. The zero-order chi connectivity index (χ0) is 13.2. The molecule has 2 unspecified atom stereocenters. The number of carbonyl (C=O) groups excluding carboxylic acids is 1. The third kappa shape index (κ3) is 2.94. The summed E-state index contributed by atoms with van der Waals surface area (Å²) in [5.41, 5.74) is -0.0858. The Morgan fingerprint density at radius 1 is 1.17 bits per heavy atom. The van der Waals surface area contributed by atoms with Crippen molar-refractivity contribution in [1.29, 1.82) is 0 Å². The molecule has 3 N–H and O–H groups in total. The first-order valence-corrected chi connectivity index (χ1v) is 6.82. The molecule has 0 aromatic rings. The summed E-state index contributed by atoms with van der Waals surface area (Å²) in [6.07, 6.45) is 6.53. The van der Waals surface area contributed by atoms with Gasteiger partial charge in [0.1, 0.15) is 0 Å². The van der Waals surface area contributed by atoms with Crippen molar-refractivity contribution in [1.82, 2.24) is 10.6 Å². The number of carbonyl (C=O) groups is 2. The van der Waals surface area contributed by atoms with E-state index in [0.717, 1.165) is 38.5 Å². The average Bonchev–Trinajstić information content (AvgIpc) is 2.27. The fourth-order valence-electron chi connectivity index (χ4n) is 2.91. The van der Waals surface area contributed by atoms with E-state index in [1.54, 1.807) is 0 Å². The predicted octanol–water partition coefficient (Wildman–Crippen LogP) is 1.87. The summed E-state index contributed by atoms with van der Waals surface area (Å²) in [6, 6.07) is -0.435. The van der Waals surface area contributed by atoms with Gasteiger partial charge in [-0.25, -0.2) is 4.79 Å². The van der Waals surface area contributed by atoms with Gasteiger partial charge in [-0.1, -0.05) is 12.8 Å². The number of amides is 2. The molecule has 0 aliphatic heterocycles. The number of rotatable bonds is 3. The molecule has 0 aromatic carbocycles. The Bertz CT molecular complexity index is 339. The van der Waals surface area contributed by atoms with Crippen molar-refractivity contribution in [2.45, 2.75) is 63.5 Å². The Balaban J connectivity index is 1.86. The number of hydrogen-bond donors (Lipinski definition) is 3. The van der Waals surface area contributed by atoms with Gasteiger partial charge in [-0.05, 0) is 39.0 Å². The lowest BCUT2D eigenvalue weighted by Crippen LogP contribution is -2.57. The highest BCUT2D eigenvalue weighted by Gasteiger charge is 2.36. The molecular weight excluding hydrogens is 232 g/mol. The van der Waals surface area contributed by atoms with E-state index in [2.05, 4.69) is 10.6 Å². The van der Waals surface area contributed by atoms with Crippen molar-refractivity contribution >= 4 is 12.0 Å². The highest BCUT2D eigenvalue weighted by molar-refractivity contribution is 5.77. The molecule has 2 amide bonds. The highest BCUT2D eigenvalue weighted by atomic mass is 16.4. The van der Waals surface area contributed by atoms with Crippen LogP contribution in [-0.2, 0) is 4.79 Å². The van der Waals surface area contributed by atoms with Crippen LogP contribution in [0, 0.1) is 5.92 Å². The van der Waals surface area contributed by atoms with Crippen LogP contribution in [0.3, 0.4) is 0 Å². The molecule has 0 bridgehead atoms. The normalized spacial score (nSPS) is 30.1. The van der Waals surface area contributed by atoms with Crippen LogP contribution in [0.2, 0.25) is 0 Å². The molecule has 18 heavy (non-hydrogen) atoms. The van der Waals surface area contributed by atoms with Gasteiger partial charge in [-0.3, -0.25) is 4.79 Å². The summed E-state index contributed by atoms with van der Waals surface area (Å²) in [4.78, 5) is 23.0. The van der Waals surface area contributed by atoms with Gasteiger partial charge in [0.25, 0.3) is 0 Å². The molecule has 0 radical (unpaired) electrons. The van der Waals surface area contributed by atoms with E-state index < -0.39 is 11.9 Å². The fourth-order valence-corrected chi connectivity index (χ4v) is 2.91. The second-order valence-electron chi connectivity index (χ2n) is 5.85. The monoisotopic (exact) mass is 254 g/mol. The summed E-state index contributed by atoms with van der Waals surface area (Å²) < 4.78 is 0. The van der Waals surface area contributed by atoms with Crippen LogP contribution >= 0.6 is 0 Å². The Morgan fingerprint density at radius 3 is 2.39 bits per heavy atom. The SMILES string of the molecule is CC1(NC(=O)NC2CCCCC2C(=O)O)CCC1. The lowest BCUT2D eigenvalue weighted by atomic mass is 9.78. The third-order valence-electron chi connectivity index (χ3n) is 4.27. The summed E-state index contributed by atoms with van der Waals surface area (Å²) in [5, 5.41) is 14.9. The van der Waals surface area contributed by atoms with Crippen molar-refractivity contribution in [2.75, 3.05) is 0 Å². The molecule has 0 aromatic heterocycles. The largest absolute Gasteiger partial charge is 0.481 e. The molecule has 5 nitrogen and oxygen atoms in total. The summed E-state index contributed by atoms with van der Waals surface area (Å²) in [7, 11) is 0. The third-order valence-corrected chi connectivity index (χ3v) is 4.27. The molecule has 2 aliphatic rings. The van der Waals surface area contributed by atoms with Crippen molar-refractivity contribution in [2.24, 2.45) is 5.92 Å². The van der Waals surface area contributed by atoms with E-state index in [4.69, 9.17) is 5.11 Å². The molecule has 2 aliphatic carbocycles. The molecule has 2 saturated carbocycles. The molecule has 0 heterocycles. The maximum atomic E-state index is 11.9. The van der Waals surface area contributed by atoms with Crippen LogP contribution in [0.15, 0.2) is 0 Å². The first-order valence-electron chi connectivity index (χ1n) is 6.82. The van der Waals surface area contributed by atoms with Crippen LogP contribution in [0.1, 0.15) is 51.9 Å². The van der Waals surface area contributed by atoms with Gasteiger partial charge in [-0.15, -0.1) is 0 Å². The van der Waals surface area contributed by atoms with Gasteiger partial charge in [0.2, 0.25) is 0 Å². The number of carboxylic acid groups (broad SMARTS) is 1. The van der Waals surface area contributed by atoms with Crippen LogP contribution in [-0.4, -0.2) is 28.7 Å². The molecule has 0 saturated heterocycles. The quantitative estimate of drug-likeness (QED) is 0.719. The first-order chi connectivity index (χ1) is 8.50. The summed E-state index contributed by atoms with van der Waals surface area (Å²) in [5.74, 6) is -1.23. The van der Waals surface area contributed by atoms with E-state index in [0.29, 0.717) is 6.42 Å². The minimum absolute atomic E-state index is 0.0858. The van der Waals surface area contributed by atoms with E-state index in [1.165, 1.54) is 0 Å². The van der Waals surface area contributed by atoms with Crippen molar-refractivity contribution in [3.63, 3.8) is 0 Å². The predicted molar refractivity (Wildman–Crippen MR) is 67.3 cm³/mol. The second-order valence-corrected chi connectivity index (χ2v) is 5.85. The lowest BCUT2D eigenvalue weighted by molar-refractivity contribution is -0.143. The maximum Gasteiger partial charge on any atom is 0.315 e. The summed E-state index contributed by atoms with van der Waals surface area (Å²) in [6.45, 7) is 2.03. The minimum atomic E-state index is -0.796. The highest BCUT2D eigenvalue weighted by Crippen LogP contribution is 2.31. The molecule has 2 atom stereocenters. The molecule has 102 valence electrons. The number of hydrogen-bond acceptors (Lipinski definition) is 2. The molecular formula is C13H22N2O3. The number of nitrogens with one attached hydrogen (secondary N) is 2. The molecule has 2 rings (SSSR count). The van der Waals surface area contributed by atoms with Crippen LogP contribution in [0.4, 0.5) is 4.79 Å². The summed E-state index contributed by atoms with van der Waals surface area (Å²) >= 11 is 0. The Morgan fingerprint density at radius 2 is 1.83 bits per heavy atom. The standard InChI is InChI=1S/C13H22N2O3/c1-13(7-4-8-13)15-12(18)14-10-6-3-2-5-9(10)11(16)17/h9-10H,2-8H2,1H3,(H,16,17)(H2,14,15,18). The molecule has 2 fully saturated rings. The van der Waals surface area contributed by atoms with Crippen molar-refractivity contribution in [3.8, 4) is 0 Å². The van der Waals surface area contributed by atoms with Gasteiger partial charge >= 0.3 is 12.0 Å². The molecule has 0 spiro atoms. The zero-order valence-electron chi connectivity index (χ0n) is 10.9. The van der Waals surface area contributed by atoms with E-state index in [-0.39, 0.29) is 17.6 Å². The zero-order valence-corrected chi connectivity index (χ0v) is 10.9. The van der Waals surface area contributed by atoms with Crippen LogP contribution in [0.25, 0.3) is 0 Å². The molecule has 5 heteroatoms. The van der Waals surface area contributed by atoms with E-state index in [1.807, 2.05) is 6.92 Å². The second kappa shape index (κ2) is 5.16. The smallest absolute Gasteiger partial charge is 0.315 e. The van der Waals surface area contributed by atoms with Gasteiger partial charge in [0.15, 0.2) is 0 Å². The Kier molecular flexibility index (Phi) is 3.78. The fraction of sp³-hybridized carbons (Fsp3) is 0.846. The van der Waals surface area contributed by atoms with Gasteiger partial charge in [0, 0.05) is 11.6 Å². The Hall–Kier alpha value is -1.26. The number of aliphatic carboxylic acids is 1. The van der Waals surface area contributed by atoms with E-state index >= 15 is 0 Å². The van der Waals surface area contributed by atoms with Crippen LogP contribution < -0.4 is 10.6 Å². The Labute approximate surface area is 107 Å². The average molecular weight is 254 g/mol. The van der Waals surface area contributed by atoms with Crippen molar-refractivity contribution in [3.05, 3.63) is 0 Å². The van der Waals surface area contributed by atoms with Gasteiger partial charge < -0.3 is 15.7 Å². The minimum Gasteiger partial charge on any atom is -0.481 e.